The predicted molar refractivity (Wildman–Crippen MR) is 56.2 cm³/mol. The summed E-state index contributed by atoms with van der Waals surface area (Å²) in [5.74, 6) is 0.639. The van der Waals surface area contributed by atoms with Crippen molar-refractivity contribution in [1.29, 1.82) is 0 Å². The first-order valence-corrected chi connectivity index (χ1v) is 6.48. The van der Waals surface area contributed by atoms with E-state index in [1.165, 1.54) is 6.92 Å². The molecule has 0 aliphatic heterocycles. The normalized spacial score (nSPS) is 13.6. The molecule has 0 heterocycles. The Morgan fingerprint density at radius 2 is 1.93 bits per heavy atom. The van der Waals surface area contributed by atoms with E-state index in [1.54, 1.807) is 12.1 Å². The van der Waals surface area contributed by atoms with Gasteiger partial charge in [0.2, 0.25) is 9.05 Å². The van der Waals surface area contributed by atoms with Crippen molar-refractivity contribution >= 4 is 19.7 Å². The maximum absolute atomic E-state index is 10.8. The molecular weight excluding hydrogens is 224 g/mol. The molecule has 3 nitrogen and oxygen atoms in total. The summed E-state index contributed by atoms with van der Waals surface area (Å²) in [6.07, 6.45) is 0. The Morgan fingerprint density at radius 3 is 2.43 bits per heavy atom. The number of halogens is 1. The third-order valence-corrected chi connectivity index (χ3v) is 3.72. The lowest BCUT2D eigenvalue weighted by Gasteiger charge is -2.09. The lowest BCUT2D eigenvalue weighted by atomic mass is 10.3. The van der Waals surface area contributed by atoms with Crippen LogP contribution in [0.25, 0.3) is 0 Å². The fourth-order valence-electron chi connectivity index (χ4n) is 0.812. The minimum Gasteiger partial charge on any atom is -0.492 e. The van der Waals surface area contributed by atoms with Crippen molar-refractivity contribution in [2.24, 2.45) is 0 Å². The van der Waals surface area contributed by atoms with Crippen LogP contribution in [0, 0.1) is 0 Å². The largest absolute Gasteiger partial charge is 0.492 e. The van der Waals surface area contributed by atoms with E-state index in [4.69, 9.17) is 15.4 Å². The second-order valence-corrected chi connectivity index (χ2v) is 5.96. The second-order valence-electron chi connectivity index (χ2n) is 2.91. The van der Waals surface area contributed by atoms with E-state index in [0.717, 1.165) is 0 Å². The van der Waals surface area contributed by atoms with Gasteiger partial charge in [0.25, 0.3) is 0 Å². The van der Waals surface area contributed by atoms with Crippen LogP contribution in [0.2, 0.25) is 0 Å². The Bertz CT molecular complexity index is 374. The van der Waals surface area contributed by atoms with E-state index in [-0.39, 0.29) is 6.61 Å². The molecule has 1 aromatic rings. The molecule has 1 atom stereocenters. The molecule has 0 saturated heterocycles. The highest BCUT2D eigenvalue weighted by Crippen LogP contribution is 2.12. The zero-order valence-electron chi connectivity index (χ0n) is 7.68. The van der Waals surface area contributed by atoms with Gasteiger partial charge in [-0.1, -0.05) is 18.2 Å². The zero-order chi connectivity index (χ0) is 10.6. The number of benzene rings is 1. The number of hydrogen-bond acceptors (Lipinski definition) is 3. The summed E-state index contributed by atoms with van der Waals surface area (Å²) in [6, 6.07) is 9.00. The van der Waals surface area contributed by atoms with Gasteiger partial charge in [0.05, 0.1) is 0 Å². The maximum Gasteiger partial charge on any atom is 0.238 e. The fourth-order valence-corrected chi connectivity index (χ4v) is 1.20. The van der Waals surface area contributed by atoms with Crippen molar-refractivity contribution in [1.82, 2.24) is 0 Å². The average Bonchev–Trinajstić information content (AvgIpc) is 2.14. The minimum atomic E-state index is -3.53. The molecule has 0 amide bonds. The van der Waals surface area contributed by atoms with Crippen LogP contribution in [0.4, 0.5) is 0 Å². The van der Waals surface area contributed by atoms with Crippen LogP contribution in [-0.2, 0) is 9.05 Å². The van der Waals surface area contributed by atoms with Crippen molar-refractivity contribution in [2.75, 3.05) is 6.61 Å². The van der Waals surface area contributed by atoms with E-state index >= 15 is 0 Å². The molecular formula is C9H11ClO3S. The monoisotopic (exact) mass is 234 g/mol. The summed E-state index contributed by atoms with van der Waals surface area (Å²) >= 11 is 0. The lowest BCUT2D eigenvalue weighted by molar-refractivity contribution is 0.318. The third-order valence-electron chi connectivity index (χ3n) is 1.71. The van der Waals surface area contributed by atoms with Gasteiger partial charge in [-0.25, -0.2) is 8.42 Å². The average molecular weight is 235 g/mol. The number of para-hydroxylation sites is 1. The van der Waals surface area contributed by atoms with Crippen molar-refractivity contribution in [3.63, 3.8) is 0 Å². The highest BCUT2D eigenvalue weighted by Gasteiger charge is 2.17. The summed E-state index contributed by atoms with van der Waals surface area (Å²) in [5.41, 5.74) is 0. The molecule has 0 saturated carbocycles. The summed E-state index contributed by atoms with van der Waals surface area (Å²) in [7, 11) is 1.62. The molecule has 0 spiro atoms. The molecule has 0 bridgehead atoms. The molecule has 0 N–H and O–H groups in total. The summed E-state index contributed by atoms with van der Waals surface area (Å²) in [4.78, 5) is 0. The lowest BCUT2D eigenvalue weighted by Crippen LogP contribution is -2.20. The first-order chi connectivity index (χ1) is 6.50. The fraction of sp³-hybridized carbons (Fsp3) is 0.333. The van der Waals surface area contributed by atoms with Crippen LogP contribution < -0.4 is 4.74 Å². The molecule has 0 radical (unpaired) electrons. The Hall–Kier alpha value is -0.740. The van der Waals surface area contributed by atoms with Crippen LogP contribution >= 0.6 is 10.7 Å². The van der Waals surface area contributed by atoms with E-state index in [0.29, 0.717) is 5.75 Å². The number of ether oxygens (including phenoxy) is 1. The Kier molecular flexibility index (Phi) is 3.77. The predicted octanol–water partition coefficient (Wildman–Crippen LogP) is 2.02. The Balaban J connectivity index is 2.50. The van der Waals surface area contributed by atoms with E-state index in [9.17, 15) is 8.42 Å². The van der Waals surface area contributed by atoms with Gasteiger partial charge in [0.15, 0.2) is 0 Å². The highest BCUT2D eigenvalue weighted by atomic mass is 35.7. The van der Waals surface area contributed by atoms with E-state index < -0.39 is 14.3 Å². The SMILES string of the molecule is CC(COc1ccccc1)S(=O)(=O)Cl. The van der Waals surface area contributed by atoms with Gasteiger partial charge in [0, 0.05) is 10.7 Å². The number of hydrogen-bond donors (Lipinski definition) is 0. The van der Waals surface area contributed by atoms with E-state index in [1.807, 2.05) is 18.2 Å². The van der Waals surface area contributed by atoms with Gasteiger partial charge in [-0.05, 0) is 19.1 Å². The van der Waals surface area contributed by atoms with Crippen LogP contribution in [0.3, 0.4) is 0 Å². The van der Waals surface area contributed by atoms with Crippen molar-refractivity contribution in [3.05, 3.63) is 30.3 Å². The van der Waals surface area contributed by atoms with Crippen molar-refractivity contribution in [3.8, 4) is 5.75 Å². The van der Waals surface area contributed by atoms with Crippen LogP contribution in [0.5, 0.6) is 5.75 Å². The molecule has 0 aliphatic carbocycles. The van der Waals surface area contributed by atoms with Crippen LogP contribution in [0.1, 0.15) is 6.92 Å². The summed E-state index contributed by atoms with van der Waals surface area (Å²) < 4.78 is 26.9. The molecule has 78 valence electrons. The van der Waals surface area contributed by atoms with Crippen LogP contribution in [-0.4, -0.2) is 20.3 Å². The van der Waals surface area contributed by atoms with Gasteiger partial charge >= 0.3 is 0 Å². The molecule has 0 aliphatic rings. The number of rotatable bonds is 4. The minimum absolute atomic E-state index is 0.0653. The van der Waals surface area contributed by atoms with Gasteiger partial charge in [-0.15, -0.1) is 0 Å². The van der Waals surface area contributed by atoms with Gasteiger partial charge < -0.3 is 4.74 Å². The van der Waals surface area contributed by atoms with Crippen LogP contribution in [0.15, 0.2) is 30.3 Å². The first-order valence-electron chi connectivity index (χ1n) is 4.11. The molecule has 1 rings (SSSR count). The third kappa shape index (κ3) is 3.55. The smallest absolute Gasteiger partial charge is 0.238 e. The topological polar surface area (TPSA) is 43.4 Å². The van der Waals surface area contributed by atoms with Crippen molar-refractivity contribution in [2.45, 2.75) is 12.2 Å². The maximum atomic E-state index is 10.8. The van der Waals surface area contributed by atoms with Gasteiger partial charge in [-0.2, -0.15) is 0 Å². The summed E-state index contributed by atoms with van der Waals surface area (Å²) in [5, 5.41) is -0.704. The molecule has 0 fully saturated rings. The van der Waals surface area contributed by atoms with E-state index in [2.05, 4.69) is 0 Å². The first kappa shape index (κ1) is 11.3. The standard InChI is InChI=1S/C9H11ClO3S/c1-8(14(10,11)12)7-13-9-5-3-2-4-6-9/h2-6,8H,7H2,1H3. The molecule has 5 heteroatoms. The highest BCUT2D eigenvalue weighted by molar-refractivity contribution is 8.14. The second kappa shape index (κ2) is 4.66. The van der Waals surface area contributed by atoms with Crippen molar-refractivity contribution < 1.29 is 13.2 Å². The molecule has 0 aromatic heterocycles. The Labute approximate surface area is 88.1 Å². The van der Waals surface area contributed by atoms with Gasteiger partial charge in [-0.3, -0.25) is 0 Å². The summed E-state index contributed by atoms with van der Waals surface area (Å²) in [6.45, 7) is 1.57. The quantitative estimate of drug-likeness (QED) is 0.749. The van der Waals surface area contributed by atoms with Gasteiger partial charge in [0.1, 0.15) is 17.6 Å². The molecule has 1 aromatic carbocycles. The Morgan fingerprint density at radius 1 is 1.36 bits per heavy atom. The molecule has 14 heavy (non-hydrogen) atoms. The zero-order valence-corrected chi connectivity index (χ0v) is 9.25. The molecule has 1 unspecified atom stereocenters.